The Hall–Kier alpha value is -2.57. The van der Waals surface area contributed by atoms with Crippen molar-refractivity contribution in [3.05, 3.63) is 35.9 Å². The van der Waals surface area contributed by atoms with E-state index in [9.17, 15) is 9.59 Å². The summed E-state index contributed by atoms with van der Waals surface area (Å²) in [6, 6.07) is 9.74. The second-order valence-corrected chi connectivity index (χ2v) is 6.53. The van der Waals surface area contributed by atoms with Crippen molar-refractivity contribution in [1.82, 2.24) is 20.9 Å². The van der Waals surface area contributed by atoms with E-state index in [0.29, 0.717) is 32.5 Å². The van der Waals surface area contributed by atoms with Gasteiger partial charge in [0.15, 0.2) is 5.96 Å². The molecule has 1 unspecified atom stereocenters. The van der Waals surface area contributed by atoms with Crippen molar-refractivity contribution in [2.45, 2.75) is 45.7 Å². The Kier molecular flexibility index (Phi) is 7.00. The van der Waals surface area contributed by atoms with Crippen LogP contribution < -0.4 is 16.0 Å². The molecule has 7 nitrogen and oxygen atoms in total. The molecule has 2 rings (SSSR count). The van der Waals surface area contributed by atoms with Crippen molar-refractivity contribution >= 4 is 17.9 Å². The van der Waals surface area contributed by atoms with Gasteiger partial charge in [-0.2, -0.15) is 0 Å². The lowest BCUT2D eigenvalue weighted by atomic mass is 9.99. The molecule has 3 amide bonds. The van der Waals surface area contributed by atoms with E-state index in [1.165, 1.54) is 4.90 Å². The van der Waals surface area contributed by atoms with Gasteiger partial charge >= 0.3 is 6.03 Å². The summed E-state index contributed by atoms with van der Waals surface area (Å²) in [5, 5.41) is 9.22. The van der Waals surface area contributed by atoms with E-state index in [1.807, 2.05) is 44.2 Å². The average Bonchev–Trinajstić information content (AvgIpc) is 2.87. The van der Waals surface area contributed by atoms with E-state index < -0.39 is 5.54 Å². The average molecular weight is 359 g/mol. The first-order valence-electron chi connectivity index (χ1n) is 9.20. The molecule has 1 aromatic rings. The van der Waals surface area contributed by atoms with E-state index in [4.69, 9.17) is 0 Å². The van der Waals surface area contributed by atoms with Crippen LogP contribution in [-0.4, -0.2) is 48.0 Å². The Morgan fingerprint density at radius 1 is 1.19 bits per heavy atom. The molecule has 0 spiro atoms. The monoisotopic (exact) mass is 359 g/mol. The van der Waals surface area contributed by atoms with Gasteiger partial charge in [0.2, 0.25) is 0 Å². The zero-order valence-electron chi connectivity index (χ0n) is 15.8. The van der Waals surface area contributed by atoms with Gasteiger partial charge in [0.1, 0.15) is 5.54 Å². The number of guanidine groups is 1. The van der Waals surface area contributed by atoms with Gasteiger partial charge < -0.3 is 16.0 Å². The topological polar surface area (TPSA) is 85.8 Å². The van der Waals surface area contributed by atoms with Crippen molar-refractivity contribution in [1.29, 1.82) is 0 Å². The molecule has 0 aliphatic carbocycles. The maximum absolute atomic E-state index is 12.3. The Balaban J connectivity index is 1.81. The van der Waals surface area contributed by atoms with E-state index in [2.05, 4.69) is 20.9 Å². The highest BCUT2D eigenvalue weighted by molar-refractivity contribution is 6.06. The predicted octanol–water partition coefficient (Wildman–Crippen LogP) is 1.85. The summed E-state index contributed by atoms with van der Waals surface area (Å²) in [7, 11) is 0. The van der Waals surface area contributed by atoms with Gasteiger partial charge in [-0.15, -0.1) is 0 Å². The third-order valence-corrected chi connectivity index (χ3v) is 4.51. The van der Waals surface area contributed by atoms with Crippen LogP contribution >= 0.6 is 0 Å². The van der Waals surface area contributed by atoms with E-state index in [1.54, 1.807) is 6.92 Å². The lowest BCUT2D eigenvalue weighted by molar-refractivity contribution is -0.130. The van der Waals surface area contributed by atoms with Crippen LogP contribution in [0, 0.1) is 0 Å². The zero-order valence-corrected chi connectivity index (χ0v) is 15.8. The maximum atomic E-state index is 12.3. The standard InChI is InChI=1S/C19H29N5O2/c1-4-19(3)16(25)24(18(26)23-19)13-9-12-21-17(20-5-2)22-14-15-10-7-6-8-11-15/h6-8,10-11H,4-5,9,12-14H2,1-3H3,(H,23,26)(H2,20,21,22). The van der Waals surface area contributed by atoms with Crippen molar-refractivity contribution in [3.8, 4) is 0 Å². The van der Waals surface area contributed by atoms with Crippen LogP contribution in [0.1, 0.15) is 39.2 Å². The van der Waals surface area contributed by atoms with Crippen LogP contribution in [0.3, 0.4) is 0 Å². The smallest absolute Gasteiger partial charge is 0.325 e. The van der Waals surface area contributed by atoms with Gasteiger partial charge in [-0.1, -0.05) is 37.3 Å². The quantitative estimate of drug-likeness (QED) is 0.286. The van der Waals surface area contributed by atoms with Crippen molar-refractivity contribution in [2.75, 3.05) is 19.6 Å². The number of imide groups is 1. The molecule has 7 heteroatoms. The minimum atomic E-state index is -0.767. The zero-order chi connectivity index (χ0) is 19.0. The minimum Gasteiger partial charge on any atom is -0.357 e. The van der Waals surface area contributed by atoms with Crippen molar-refractivity contribution < 1.29 is 9.59 Å². The molecule has 142 valence electrons. The molecule has 1 heterocycles. The molecule has 0 aromatic heterocycles. The number of benzene rings is 1. The summed E-state index contributed by atoms with van der Waals surface area (Å²) in [6.45, 7) is 8.06. The fourth-order valence-corrected chi connectivity index (χ4v) is 2.73. The summed E-state index contributed by atoms with van der Waals surface area (Å²) in [4.78, 5) is 30.2. The number of nitrogens with zero attached hydrogens (tertiary/aromatic N) is 2. The highest BCUT2D eigenvalue weighted by Crippen LogP contribution is 2.20. The highest BCUT2D eigenvalue weighted by atomic mass is 16.2. The molecule has 1 saturated heterocycles. The predicted molar refractivity (Wildman–Crippen MR) is 103 cm³/mol. The van der Waals surface area contributed by atoms with Gasteiger partial charge in [-0.25, -0.2) is 9.79 Å². The third kappa shape index (κ3) is 4.97. The Bertz CT molecular complexity index is 647. The fourth-order valence-electron chi connectivity index (χ4n) is 2.73. The molecular weight excluding hydrogens is 330 g/mol. The van der Waals surface area contributed by atoms with Gasteiger partial charge in [-0.05, 0) is 32.3 Å². The van der Waals surface area contributed by atoms with Gasteiger partial charge in [0.25, 0.3) is 5.91 Å². The normalized spacial score (nSPS) is 20.3. The summed E-state index contributed by atoms with van der Waals surface area (Å²) < 4.78 is 0. The summed E-state index contributed by atoms with van der Waals surface area (Å²) >= 11 is 0. The summed E-state index contributed by atoms with van der Waals surface area (Å²) in [5.74, 6) is 0.585. The molecular formula is C19H29N5O2. The first-order chi connectivity index (χ1) is 12.5. The number of aliphatic imine (C=N–C) groups is 1. The Morgan fingerprint density at radius 2 is 1.92 bits per heavy atom. The number of hydrogen-bond acceptors (Lipinski definition) is 3. The summed E-state index contributed by atoms with van der Waals surface area (Å²) in [6.07, 6.45) is 1.25. The molecule has 1 aliphatic heterocycles. The van der Waals surface area contributed by atoms with Crippen LogP contribution in [0.2, 0.25) is 0 Å². The number of rotatable bonds is 8. The lowest BCUT2D eigenvalue weighted by Crippen LogP contribution is -2.43. The van der Waals surface area contributed by atoms with Gasteiger partial charge in [0, 0.05) is 19.6 Å². The van der Waals surface area contributed by atoms with Crippen molar-refractivity contribution in [2.24, 2.45) is 4.99 Å². The molecule has 0 saturated carbocycles. The number of amides is 3. The second-order valence-electron chi connectivity index (χ2n) is 6.53. The first kappa shape index (κ1) is 19.8. The van der Waals surface area contributed by atoms with Crippen LogP contribution in [0.4, 0.5) is 4.79 Å². The van der Waals surface area contributed by atoms with Crippen LogP contribution in [0.25, 0.3) is 0 Å². The molecule has 1 aliphatic rings. The number of carbonyl (C=O) groups is 2. The molecule has 3 N–H and O–H groups in total. The van der Waals surface area contributed by atoms with Gasteiger partial charge in [-0.3, -0.25) is 9.69 Å². The summed E-state index contributed by atoms with van der Waals surface area (Å²) in [5.41, 5.74) is 0.374. The third-order valence-electron chi connectivity index (χ3n) is 4.51. The van der Waals surface area contributed by atoms with E-state index in [0.717, 1.165) is 18.1 Å². The SMILES string of the molecule is CCNC(=NCc1ccccc1)NCCCN1C(=O)NC(C)(CC)C1=O. The Morgan fingerprint density at radius 3 is 2.54 bits per heavy atom. The minimum absolute atomic E-state index is 0.144. The van der Waals surface area contributed by atoms with E-state index >= 15 is 0 Å². The lowest BCUT2D eigenvalue weighted by Gasteiger charge is -2.19. The fraction of sp³-hybridized carbons (Fsp3) is 0.526. The molecule has 1 fully saturated rings. The molecule has 1 atom stereocenters. The number of hydrogen-bond donors (Lipinski definition) is 3. The van der Waals surface area contributed by atoms with Crippen LogP contribution in [-0.2, 0) is 11.3 Å². The maximum Gasteiger partial charge on any atom is 0.325 e. The number of urea groups is 1. The van der Waals surface area contributed by atoms with Crippen LogP contribution in [0.15, 0.2) is 35.3 Å². The second kappa shape index (κ2) is 9.22. The highest BCUT2D eigenvalue weighted by Gasteiger charge is 2.45. The van der Waals surface area contributed by atoms with Gasteiger partial charge in [0.05, 0.1) is 6.54 Å². The molecule has 0 bridgehead atoms. The van der Waals surface area contributed by atoms with E-state index in [-0.39, 0.29) is 11.9 Å². The number of nitrogens with one attached hydrogen (secondary N) is 3. The molecule has 1 aromatic carbocycles. The van der Waals surface area contributed by atoms with Crippen molar-refractivity contribution in [3.63, 3.8) is 0 Å². The first-order valence-corrected chi connectivity index (χ1v) is 9.20. The Labute approximate surface area is 155 Å². The largest absolute Gasteiger partial charge is 0.357 e. The molecule has 0 radical (unpaired) electrons. The van der Waals surface area contributed by atoms with Crippen LogP contribution in [0.5, 0.6) is 0 Å². The number of carbonyl (C=O) groups excluding carboxylic acids is 2. The molecule has 26 heavy (non-hydrogen) atoms.